The summed E-state index contributed by atoms with van der Waals surface area (Å²) >= 11 is 0. The third kappa shape index (κ3) is 10.8. The van der Waals surface area contributed by atoms with Crippen LogP contribution in [0.25, 0.3) is 0 Å². The van der Waals surface area contributed by atoms with Crippen molar-refractivity contribution in [2.24, 2.45) is 5.92 Å². The number of unbranched alkanes of at least 4 members (excludes halogenated alkanes) is 10. The van der Waals surface area contributed by atoms with Crippen LogP contribution in [0.3, 0.4) is 0 Å². The van der Waals surface area contributed by atoms with Crippen molar-refractivity contribution in [2.75, 3.05) is 0 Å². The maximum Gasteiger partial charge on any atom is 0.140 e. The molecule has 0 fully saturated rings. The number of benzene rings is 2. The molecule has 2 aromatic rings. The summed E-state index contributed by atoms with van der Waals surface area (Å²) in [4.78, 5) is 13.0. The van der Waals surface area contributed by atoms with Crippen molar-refractivity contribution in [3.05, 3.63) is 71.8 Å². The Morgan fingerprint density at radius 1 is 0.633 bits per heavy atom. The van der Waals surface area contributed by atoms with Gasteiger partial charge in [0.15, 0.2) is 0 Å². The highest BCUT2D eigenvalue weighted by Gasteiger charge is 2.19. The largest absolute Gasteiger partial charge is 0.299 e. The van der Waals surface area contributed by atoms with E-state index in [2.05, 4.69) is 43.3 Å². The molecule has 1 nitrogen and oxygen atoms in total. The monoisotopic (exact) mass is 406 g/mol. The molecule has 0 aliphatic rings. The van der Waals surface area contributed by atoms with E-state index in [1.54, 1.807) is 0 Å². The van der Waals surface area contributed by atoms with E-state index in [4.69, 9.17) is 0 Å². The number of carbonyl (C=O) groups excluding carboxylic acids is 1. The zero-order valence-corrected chi connectivity index (χ0v) is 19.2. The summed E-state index contributed by atoms with van der Waals surface area (Å²) in [5.41, 5.74) is 2.42. The van der Waals surface area contributed by atoms with Gasteiger partial charge in [-0.15, -0.1) is 0 Å². The van der Waals surface area contributed by atoms with E-state index in [-0.39, 0.29) is 5.92 Å². The number of ketones is 1. The van der Waals surface area contributed by atoms with Gasteiger partial charge in [0.2, 0.25) is 0 Å². The van der Waals surface area contributed by atoms with Gasteiger partial charge >= 0.3 is 0 Å². The second kappa shape index (κ2) is 15.9. The van der Waals surface area contributed by atoms with Crippen LogP contribution in [-0.2, 0) is 17.6 Å². The molecule has 0 spiro atoms. The molecule has 2 rings (SSSR count). The van der Waals surface area contributed by atoms with Crippen LogP contribution in [-0.4, -0.2) is 5.78 Å². The van der Waals surface area contributed by atoms with E-state index >= 15 is 0 Å². The minimum atomic E-state index is 0.145. The molecule has 0 radical (unpaired) electrons. The fourth-order valence-electron chi connectivity index (χ4n) is 4.27. The van der Waals surface area contributed by atoms with E-state index in [1.165, 1.54) is 76.2 Å². The summed E-state index contributed by atoms with van der Waals surface area (Å²) in [7, 11) is 0. The van der Waals surface area contributed by atoms with Crippen LogP contribution in [0.15, 0.2) is 60.7 Å². The molecule has 0 aliphatic heterocycles. The van der Waals surface area contributed by atoms with Crippen LogP contribution < -0.4 is 0 Å². The molecule has 0 aliphatic carbocycles. The maximum atomic E-state index is 13.0. The lowest BCUT2D eigenvalue weighted by Gasteiger charge is -2.16. The molecule has 1 heteroatoms. The van der Waals surface area contributed by atoms with Gasteiger partial charge in [-0.1, -0.05) is 138 Å². The van der Waals surface area contributed by atoms with Crippen molar-refractivity contribution in [1.29, 1.82) is 0 Å². The Morgan fingerprint density at radius 3 is 1.63 bits per heavy atom. The molecule has 0 amide bonds. The topological polar surface area (TPSA) is 17.1 Å². The molecule has 1 unspecified atom stereocenters. The highest BCUT2D eigenvalue weighted by atomic mass is 16.1. The van der Waals surface area contributed by atoms with Crippen molar-refractivity contribution >= 4 is 5.78 Å². The summed E-state index contributed by atoms with van der Waals surface area (Å²) in [5, 5.41) is 0. The second-order valence-corrected chi connectivity index (χ2v) is 8.84. The Kier molecular flexibility index (Phi) is 12.9. The molecule has 0 aromatic heterocycles. The standard InChI is InChI=1S/C29H42O/c1-2-3-4-5-6-7-8-9-10-11-18-23-28(24-26-19-14-12-15-20-26)29(30)25-27-21-16-13-17-22-27/h12-17,19-22,28H,2-11,18,23-25H2,1H3. The summed E-state index contributed by atoms with van der Waals surface area (Å²) in [6, 6.07) is 20.7. The number of hydrogen-bond donors (Lipinski definition) is 0. The lowest BCUT2D eigenvalue weighted by Crippen LogP contribution is -2.19. The van der Waals surface area contributed by atoms with Crippen molar-refractivity contribution in [2.45, 2.75) is 96.8 Å². The Balaban J connectivity index is 1.69. The summed E-state index contributed by atoms with van der Waals surface area (Å²) in [5.74, 6) is 0.545. The Hall–Kier alpha value is -1.89. The van der Waals surface area contributed by atoms with Gasteiger partial charge in [0, 0.05) is 12.3 Å². The van der Waals surface area contributed by atoms with Crippen LogP contribution >= 0.6 is 0 Å². The molecule has 30 heavy (non-hydrogen) atoms. The fourth-order valence-corrected chi connectivity index (χ4v) is 4.27. The van der Waals surface area contributed by atoms with E-state index < -0.39 is 0 Å². The van der Waals surface area contributed by atoms with E-state index in [1.807, 2.05) is 24.3 Å². The SMILES string of the molecule is CCCCCCCCCCCCCC(Cc1ccccc1)C(=O)Cc1ccccc1. The number of rotatable bonds is 17. The average Bonchev–Trinajstić information content (AvgIpc) is 2.78. The van der Waals surface area contributed by atoms with Crippen molar-refractivity contribution < 1.29 is 4.79 Å². The smallest absolute Gasteiger partial charge is 0.140 e. The molecule has 0 heterocycles. The summed E-state index contributed by atoms with van der Waals surface area (Å²) in [6.07, 6.45) is 17.3. The Labute approximate surface area is 185 Å². The van der Waals surface area contributed by atoms with Crippen molar-refractivity contribution in [3.63, 3.8) is 0 Å². The van der Waals surface area contributed by atoms with Crippen LogP contribution in [0.4, 0.5) is 0 Å². The third-order valence-corrected chi connectivity index (χ3v) is 6.16. The predicted molar refractivity (Wildman–Crippen MR) is 130 cm³/mol. The zero-order valence-electron chi connectivity index (χ0n) is 19.2. The van der Waals surface area contributed by atoms with Gasteiger partial charge in [-0.05, 0) is 24.0 Å². The molecular weight excluding hydrogens is 364 g/mol. The molecular formula is C29H42O. The highest BCUT2D eigenvalue weighted by molar-refractivity contribution is 5.83. The minimum Gasteiger partial charge on any atom is -0.299 e. The van der Waals surface area contributed by atoms with Gasteiger partial charge < -0.3 is 0 Å². The van der Waals surface area contributed by atoms with Gasteiger partial charge in [0.1, 0.15) is 5.78 Å². The van der Waals surface area contributed by atoms with Crippen LogP contribution in [0.1, 0.15) is 95.1 Å². The lowest BCUT2D eigenvalue weighted by atomic mass is 9.87. The first-order chi connectivity index (χ1) is 14.8. The lowest BCUT2D eigenvalue weighted by molar-refractivity contribution is -0.122. The first kappa shape index (κ1) is 24.4. The van der Waals surface area contributed by atoms with Gasteiger partial charge in [-0.2, -0.15) is 0 Å². The van der Waals surface area contributed by atoms with Crippen molar-refractivity contribution in [3.8, 4) is 0 Å². The quantitative estimate of drug-likeness (QED) is 0.241. The minimum absolute atomic E-state index is 0.145. The molecule has 0 N–H and O–H groups in total. The zero-order chi connectivity index (χ0) is 21.3. The van der Waals surface area contributed by atoms with Gasteiger partial charge in [-0.3, -0.25) is 4.79 Å². The van der Waals surface area contributed by atoms with Crippen molar-refractivity contribution in [1.82, 2.24) is 0 Å². The van der Waals surface area contributed by atoms with Crippen LogP contribution in [0.5, 0.6) is 0 Å². The van der Waals surface area contributed by atoms with Gasteiger partial charge in [0.05, 0.1) is 0 Å². The molecule has 0 saturated heterocycles. The highest BCUT2D eigenvalue weighted by Crippen LogP contribution is 2.20. The van der Waals surface area contributed by atoms with Gasteiger partial charge in [0.25, 0.3) is 0 Å². The average molecular weight is 407 g/mol. The first-order valence-corrected chi connectivity index (χ1v) is 12.4. The summed E-state index contributed by atoms with van der Waals surface area (Å²) in [6.45, 7) is 2.28. The Morgan fingerprint density at radius 2 is 1.10 bits per heavy atom. The van der Waals surface area contributed by atoms with Crippen LogP contribution in [0.2, 0.25) is 0 Å². The third-order valence-electron chi connectivity index (χ3n) is 6.16. The van der Waals surface area contributed by atoms with E-state index in [0.29, 0.717) is 12.2 Å². The number of carbonyl (C=O) groups is 1. The molecule has 1 atom stereocenters. The fraction of sp³-hybridized carbons (Fsp3) is 0.552. The molecule has 164 valence electrons. The number of hydrogen-bond acceptors (Lipinski definition) is 1. The number of Topliss-reactive ketones (excluding diaryl/α,β-unsaturated/α-hetero) is 1. The predicted octanol–water partition coefficient (Wildman–Crippen LogP) is 8.36. The molecule has 0 saturated carbocycles. The van der Waals surface area contributed by atoms with E-state index in [0.717, 1.165) is 18.4 Å². The van der Waals surface area contributed by atoms with E-state index in [9.17, 15) is 4.79 Å². The maximum absolute atomic E-state index is 13.0. The normalized spacial score (nSPS) is 12.0. The summed E-state index contributed by atoms with van der Waals surface area (Å²) < 4.78 is 0. The van der Waals surface area contributed by atoms with Gasteiger partial charge in [-0.25, -0.2) is 0 Å². The Bertz CT molecular complexity index is 661. The first-order valence-electron chi connectivity index (χ1n) is 12.4. The second-order valence-electron chi connectivity index (χ2n) is 8.84. The van der Waals surface area contributed by atoms with Crippen LogP contribution in [0, 0.1) is 5.92 Å². The molecule has 2 aromatic carbocycles. The molecule has 0 bridgehead atoms.